The van der Waals surface area contributed by atoms with E-state index in [0.717, 1.165) is 55.9 Å². The number of benzene rings is 7. The van der Waals surface area contributed by atoms with Crippen LogP contribution in [0.1, 0.15) is 28.5 Å². The number of allylic oxidation sites excluding steroid dienone is 8. The Kier molecular flexibility index (Phi) is 9.17. The summed E-state index contributed by atoms with van der Waals surface area (Å²) in [5.74, 6) is 2.34. The number of fused-ring (bicyclic) bond motifs is 6. The zero-order valence-electron chi connectivity index (χ0n) is 33.1. The number of aromatic nitrogens is 2. The fraction of sp³-hybridized carbons (Fsp3) is 0.0690. The van der Waals surface area contributed by atoms with Crippen molar-refractivity contribution in [1.82, 2.24) is 9.97 Å². The topological polar surface area (TPSA) is 25.8 Å². The van der Waals surface area contributed by atoms with Crippen LogP contribution in [0.3, 0.4) is 0 Å². The summed E-state index contributed by atoms with van der Waals surface area (Å²) in [4.78, 5) is 10.7. The molecule has 7 aromatic carbocycles. The van der Waals surface area contributed by atoms with E-state index >= 15 is 0 Å². The highest BCUT2D eigenvalue weighted by atomic mass is 14.9. The zero-order chi connectivity index (χ0) is 39.8. The van der Waals surface area contributed by atoms with Crippen LogP contribution < -0.4 is 0 Å². The molecule has 0 radical (unpaired) electrons. The van der Waals surface area contributed by atoms with Crippen LogP contribution in [0, 0.1) is 11.8 Å². The first-order chi connectivity index (χ1) is 29.7. The lowest BCUT2D eigenvalue weighted by molar-refractivity contribution is 0.371. The molecule has 0 saturated carbocycles. The van der Waals surface area contributed by atoms with Crippen LogP contribution in [0.4, 0.5) is 0 Å². The first-order valence-corrected chi connectivity index (χ1v) is 21.0. The molecule has 0 spiro atoms. The SMILES string of the molecule is C1=CC2c3ccccc3C3C=C(c4cccc(-c5ccccc5-c5cc(-c6cccc(-c7ccccc7)c6)nc(-c6cccc(-c7ccccc7)c6)n5)c4)C=CC3C2C=C1. The fourth-order valence-corrected chi connectivity index (χ4v) is 9.62. The van der Waals surface area contributed by atoms with E-state index in [4.69, 9.17) is 9.97 Å². The van der Waals surface area contributed by atoms with Gasteiger partial charge in [0.15, 0.2) is 5.82 Å². The van der Waals surface area contributed by atoms with Crippen molar-refractivity contribution in [2.24, 2.45) is 11.8 Å². The molecule has 0 saturated heterocycles. The highest BCUT2D eigenvalue weighted by Crippen LogP contribution is 2.52. The summed E-state index contributed by atoms with van der Waals surface area (Å²) < 4.78 is 0. The second-order valence-corrected chi connectivity index (χ2v) is 16.1. The van der Waals surface area contributed by atoms with E-state index in [9.17, 15) is 0 Å². The van der Waals surface area contributed by atoms with Crippen molar-refractivity contribution in [2.45, 2.75) is 11.8 Å². The third-order valence-corrected chi connectivity index (χ3v) is 12.5. The summed E-state index contributed by atoms with van der Waals surface area (Å²) in [6.45, 7) is 0. The molecule has 0 aliphatic heterocycles. The van der Waals surface area contributed by atoms with Crippen molar-refractivity contribution >= 4 is 5.57 Å². The molecule has 0 amide bonds. The Labute approximate surface area is 352 Å². The smallest absolute Gasteiger partial charge is 0.160 e. The molecule has 2 heteroatoms. The number of hydrogen-bond acceptors (Lipinski definition) is 2. The summed E-state index contributed by atoms with van der Waals surface area (Å²) in [6, 6.07) is 67.2. The Balaban J connectivity index is 1.01. The highest BCUT2D eigenvalue weighted by Gasteiger charge is 2.40. The maximum absolute atomic E-state index is 5.37. The molecular formula is C58H42N2. The molecule has 4 unspecified atom stereocenters. The minimum Gasteiger partial charge on any atom is -0.228 e. The summed E-state index contributed by atoms with van der Waals surface area (Å²) in [5.41, 5.74) is 17.2. The van der Waals surface area contributed by atoms with Crippen LogP contribution in [0.5, 0.6) is 0 Å². The molecule has 3 aliphatic rings. The Bertz CT molecular complexity index is 2900. The molecule has 60 heavy (non-hydrogen) atoms. The fourth-order valence-electron chi connectivity index (χ4n) is 9.62. The Morgan fingerprint density at radius 2 is 0.850 bits per heavy atom. The van der Waals surface area contributed by atoms with Gasteiger partial charge in [-0.1, -0.05) is 206 Å². The Morgan fingerprint density at radius 3 is 1.60 bits per heavy atom. The first kappa shape index (κ1) is 35.7. The molecule has 0 fully saturated rings. The normalized spacial score (nSPS) is 18.6. The summed E-state index contributed by atoms with van der Waals surface area (Å²) in [7, 11) is 0. The second kappa shape index (κ2) is 15.4. The van der Waals surface area contributed by atoms with Crippen molar-refractivity contribution in [3.63, 3.8) is 0 Å². The van der Waals surface area contributed by atoms with Gasteiger partial charge in [0.1, 0.15) is 0 Å². The van der Waals surface area contributed by atoms with Crippen molar-refractivity contribution in [3.05, 3.63) is 247 Å². The van der Waals surface area contributed by atoms with E-state index in [1.165, 1.54) is 27.8 Å². The van der Waals surface area contributed by atoms with Gasteiger partial charge in [-0.2, -0.15) is 0 Å². The van der Waals surface area contributed by atoms with Crippen molar-refractivity contribution in [1.29, 1.82) is 0 Å². The largest absolute Gasteiger partial charge is 0.228 e. The predicted octanol–water partition coefficient (Wildman–Crippen LogP) is 14.7. The lowest BCUT2D eigenvalue weighted by Crippen LogP contribution is -2.31. The van der Waals surface area contributed by atoms with E-state index in [-0.39, 0.29) is 0 Å². The average molecular weight is 767 g/mol. The summed E-state index contributed by atoms with van der Waals surface area (Å²) >= 11 is 0. The van der Waals surface area contributed by atoms with E-state index in [0.29, 0.717) is 29.5 Å². The molecule has 11 rings (SSSR count). The minimum atomic E-state index is 0.327. The molecule has 0 bridgehead atoms. The lowest BCUT2D eigenvalue weighted by atomic mass is 9.61. The van der Waals surface area contributed by atoms with Gasteiger partial charge in [0.05, 0.1) is 11.4 Å². The van der Waals surface area contributed by atoms with Crippen molar-refractivity contribution in [3.8, 4) is 67.3 Å². The first-order valence-electron chi connectivity index (χ1n) is 21.0. The monoisotopic (exact) mass is 766 g/mol. The summed E-state index contributed by atoms with van der Waals surface area (Å²) in [6.07, 6.45) is 16.6. The molecule has 284 valence electrons. The van der Waals surface area contributed by atoms with Crippen LogP contribution in [0.2, 0.25) is 0 Å². The molecule has 1 heterocycles. The third-order valence-electron chi connectivity index (χ3n) is 12.5. The maximum Gasteiger partial charge on any atom is 0.160 e. The number of nitrogens with zero attached hydrogens (tertiary/aromatic N) is 2. The molecule has 0 N–H and O–H groups in total. The quantitative estimate of drug-likeness (QED) is 0.161. The van der Waals surface area contributed by atoms with Gasteiger partial charge in [-0.15, -0.1) is 0 Å². The predicted molar refractivity (Wildman–Crippen MR) is 249 cm³/mol. The van der Waals surface area contributed by atoms with Crippen LogP contribution in [-0.4, -0.2) is 9.97 Å². The van der Waals surface area contributed by atoms with Crippen LogP contribution in [0.25, 0.3) is 72.9 Å². The molecule has 8 aromatic rings. The van der Waals surface area contributed by atoms with Gasteiger partial charge < -0.3 is 0 Å². The second-order valence-electron chi connectivity index (χ2n) is 16.1. The number of hydrogen-bond donors (Lipinski definition) is 0. The Morgan fingerprint density at radius 1 is 0.333 bits per heavy atom. The average Bonchev–Trinajstić information content (AvgIpc) is 3.34. The maximum atomic E-state index is 5.37. The third kappa shape index (κ3) is 6.67. The zero-order valence-corrected chi connectivity index (χ0v) is 33.1. The van der Waals surface area contributed by atoms with E-state index in [2.05, 4.69) is 231 Å². The Hall–Kier alpha value is -7.42. The van der Waals surface area contributed by atoms with Gasteiger partial charge in [-0.3, -0.25) is 0 Å². The molecule has 4 atom stereocenters. The van der Waals surface area contributed by atoms with Crippen molar-refractivity contribution in [2.75, 3.05) is 0 Å². The van der Waals surface area contributed by atoms with Crippen LogP contribution >= 0.6 is 0 Å². The minimum absolute atomic E-state index is 0.327. The molecule has 1 aromatic heterocycles. The standard InChI is InChI=1S/C58H42N2/c1-3-16-39(17-4-1)41-20-14-24-46(35-41)56-38-57(60-58(59-56)47-25-15-21-42(36-47)40-18-5-2-6-19-40)54-31-12-7-26-48(54)45-23-13-22-43(34-45)44-32-33-53-51-29-9-8-27-49(51)50-28-10-11-30-52(50)55(53)37-44/h1-38,49,51,53,55H. The van der Waals surface area contributed by atoms with E-state index in [1.54, 1.807) is 0 Å². The summed E-state index contributed by atoms with van der Waals surface area (Å²) in [5, 5.41) is 0. The van der Waals surface area contributed by atoms with Gasteiger partial charge in [-0.25, -0.2) is 9.97 Å². The van der Waals surface area contributed by atoms with E-state index in [1.807, 2.05) is 0 Å². The van der Waals surface area contributed by atoms with Crippen LogP contribution in [-0.2, 0) is 0 Å². The number of rotatable bonds is 7. The van der Waals surface area contributed by atoms with Crippen molar-refractivity contribution < 1.29 is 0 Å². The van der Waals surface area contributed by atoms with Gasteiger partial charge in [0, 0.05) is 28.5 Å². The van der Waals surface area contributed by atoms with Crippen LogP contribution in [0.15, 0.2) is 231 Å². The van der Waals surface area contributed by atoms with Gasteiger partial charge in [-0.05, 0) is 91.7 Å². The molecular weight excluding hydrogens is 725 g/mol. The molecule has 2 nitrogen and oxygen atoms in total. The van der Waals surface area contributed by atoms with Gasteiger partial charge >= 0.3 is 0 Å². The lowest BCUT2D eigenvalue weighted by Gasteiger charge is -2.43. The van der Waals surface area contributed by atoms with Gasteiger partial charge in [0.2, 0.25) is 0 Å². The highest BCUT2D eigenvalue weighted by molar-refractivity contribution is 5.87. The van der Waals surface area contributed by atoms with E-state index < -0.39 is 0 Å². The molecule has 3 aliphatic carbocycles. The van der Waals surface area contributed by atoms with Gasteiger partial charge in [0.25, 0.3) is 0 Å².